The maximum absolute atomic E-state index is 4.26. The van der Waals surface area contributed by atoms with Gasteiger partial charge < -0.3 is 5.32 Å². The van der Waals surface area contributed by atoms with Gasteiger partial charge in [0.2, 0.25) is 0 Å². The average Bonchev–Trinajstić information content (AvgIpc) is 2.32. The quantitative estimate of drug-likeness (QED) is 0.649. The number of nitrogens with zero attached hydrogens (tertiary/aromatic N) is 2. The molecule has 0 saturated heterocycles. The molecule has 13 heavy (non-hydrogen) atoms. The number of aryl methyl sites for hydroxylation is 2. The van der Waals surface area contributed by atoms with Crippen molar-refractivity contribution in [3.63, 3.8) is 0 Å². The first-order valence-corrected chi connectivity index (χ1v) is 4.83. The van der Waals surface area contributed by atoms with Crippen molar-refractivity contribution in [2.24, 2.45) is 7.05 Å². The maximum Gasteiger partial charge on any atom is 0.0550 e. The van der Waals surface area contributed by atoms with Crippen molar-refractivity contribution in [3.8, 4) is 0 Å². The maximum atomic E-state index is 4.26. The Hall–Kier alpha value is -0.830. The Balaban J connectivity index is 2.28. The van der Waals surface area contributed by atoms with E-state index in [9.17, 15) is 0 Å². The van der Waals surface area contributed by atoms with E-state index in [1.54, 1.807) is 0 Å². The van der Waals surface area contributed by atoms with Crippen LogP contribution in [-0.2, 0) is 20.0 Å². The van der Waals surface area contributed by atoms with Crippen molar-refractivity contribution in [2.45, 2.75) is 38.8 Å². The Morgan fingerprint density at radius 2 is 2.31 bits per heavy atom. The van der Waals surface area contributed by atoms with Crippen LogP contribution in [0.2, 0.25) is 0 Å². The van der Waals surface area contributed by atoms with Gasteiger partial charge in [0.15, 0.2) is 0 Å². The molecule has 0 radical (unpaired) electrons. The lowest BCUT2D eigenvalue weighted by molar-refractivity contribution is 0.368. The fraction of sp³-hybridized carbons (Fsp3) is 0.700. The summed E-state index contributed by atoms with van der Waals surface area (Å²) in [5, 5.41) is 7.81. The van der Waals surface area contributed by atoms with Gasteiger partial charge in [0.25, 0.3) is 0 Å². The SMILES string of the molecule is Cn1ncc2c1CNC(C)(C)CC2. The summed E-state index contributed by atoms with van der Waals surface area (Å²) >= 11 is 0. The first kappa shape index (κ1) is 8.75. The molecule has 1 N–H and O–H groups in total. The highest BCUT2D eigenvalue weighted by molar-refractivity contribution is 5.20. The summed E-state index contributed by atoms with van der Waals surface area (Å²) in [5.74, 6) is 0. The molecule has 0 aromatic carbocycles. The van der Waals surface area contributed by atoms with Gasteiger partial charge in [-0.15, -0.1) is 0 Å². The lowest BCUT2D eigenvalue weighted by atomic mass is 9.98. The Morgan fingerprint density at radius 1 is 1.54 bits per heavy atom. The van der Waals surface area contributed by atoms with Gasteiger partial charge in [-0.3, -0.25) is 4.68 Å². The summed E-state index contributed by atoms with van der Waals surface area (Å²) in [5.41, 5.74) is 3.00. The van der Waals surface area contributed by atoms with Crippen LogP contribution < -0.4 is 5.32 Å². The second-order valence-corrected chi connectivity index (χ2v) is 4.48. The third-order valence-electron chi connectivity index (χ3n) is 2.90. The van der Waals surface area contributed by atoms with Crippen molar-refractivity contribution in [2.75, 3.05) is 0 Å². The molecular formula is C10H17N3. The van der Waals surface area contributed by atoms with Gasteiger partial charge in [0, 0.05) is 19.1 Å². The van der Waals surface area contributed by atoms with Gasteiger partial charge in [-0.2, -0.15) is 5.10 Å². The molecule has 1 aromatic heterocycles. The molecule has 0 amide bonds. The minimum absolute atomic E-state index is 0.263. The van der Waals surface area contributed by atoms with E-state index in [2.05, 4.69) is 24.3 Å². The number of hydrogen-bond donors (Lipinski definition) is 1. The molecule has 0 unspecified atom stereocenters. The fourth-order valence-electron chi connectivity index (χ4n) is 1.80. The third-order valence-corrected chi connectivity index (χ3v) is 2.90. The van der Waals surface area contributed by atoms with E-state index in [-0.39, 0.29) is 5.54 Å². The van der Waals surface area contributed by atoms with Crippen LogP contribution in [0.5, 0.6) is 0 Å². The molecule has 0 aliphatic carbocycles. The smallest absolute Gasteiger partial charge is 0.0550 e. The zero-order valence-electron chi connectivity index (χ0n) is 8.59. The Labute approximate surface area is 79.1 Å². The second-order valence-electron chi connectivity index (χ2n) is 4.48. The van der Waals surface area contributed by atoms with E-state index in [4.69, 9.17) is 0 Å². The largest absolute Gasteiger partial charge is 0.306 e. The lowest BCUT2D eigenvalue weighted by Gasteiger charge is -2.23. The molecule has 72 valence electrons. The predicted octanol–water partition coefficient (Wildman–Crippen LogP) is 1.23. The second kappa shape index (κ2) is 2.84. The van der Waals surface area contributed by atoms with Crippen LogP contribution in [0.3, 0.4) is 0 Å². The fourth-order valence-corrected chi connectivity index (χ4v) is 1.80. The van der Waals surface area contributed by atoms with Gasteiger partial charge in [-0.05, 0) is 32.3 Å². The molecule has 0 fully saturated rings. The van der Waals surface area contributed by atoms with Crippen LogP contribution in [0.1, 0.15) is 31.5 Å². The predicted molar refractivity (Wildman–Crippen MR) is 52.4 cm³/mol. The van der Waals surface area contributed by atoms with Crippen LogP contribution in [0.25, 0.3) is 0 Å². The molecule has 1 aliphatic heterocycles. The normalized spacial score (nSPS) is 20.8. The minimum Gasteiger partial charge on any atom is -0.306 e. The van der Waals surface area contributed by atoms with Crippen molar-refractivity contribution < 1.29 is 0 Å². The zero-order chi connectivity index (χ0) is 9.47. The standard InChI is InChI=1S/C10H17N3/c1-10(2)5-4-8-6-12-13(3)9(8)7-11-10/h6,11H,4-5,7H2,1-3H3. The van der Waals surface area contributed by atoms with E-state index in [0.717, 1.165) is 13.0 Å². The third kappa shape index (κ3) is 1.61. The van der Waals surface area contributed by atoms with Crippen molar-refractivity contribution in [1.29, 1.82) is 0 Å². The van der Waals surface area contributed by atoms with E-state index < -0.39 is 0 Å². The van der Waals surface area contributed by atoms with Crippen LogP contribution in [0, 0.1) is 0 Å². The molecule has 0 atom stereocenters. The van der Waals surface area contributed by atoms with Crippen LogP contribution in [0.15, 0.2) is 6.20 Å². The van der Waals surface area contributed by atoms with Crippen molar-refractivity contribution in [1.82, 2.24) is 15.1 Å². The molecule has 3 heteroatoms. The monoisotopic (exact) mass is 179 g/mol. The number of fused-ring (bicyclic) bond motifs is 1. The highest BCUT2D eigenvalue weighted by Gasteiger charge is 2.23. The van der Waals surface area contributed by atoms with Gasteiger partial charge in [0.05, 0.1) is 11.9 Å². The number of hydrogen-bond acceptors (Lipinski definition) is 2. The van der Waals surface area contributed by atoms with Gasteiger partial charge >= 0.3 is 0 Å². The topological polar surface area (TPSA) is 29.9 Å². The molecule has 2 heterocycles. The highest BCUT2D eigenvalue weighted by atomic mass is 15.3. The van der Waals surface area contributed by atoms with E-state index in [0.29, 0.717) is 0 Å². The van der Waals surface area contributed by atoms with Crippen LogP contribution in [0.4, 0.5) is 0 Å². The molecule has 0 spiro atoms. The molecule has 1 aliphatic rings. The number of aromatic nitrogens is 2. The minimum atomic E-state index is 0.263. The van der Waals surface area contributed by atoms with E-state index in [1.165, 1.54) is 17.7 Å². The van der Waals surface area contributed by atoms with Crippen LogP contribution >= 0.6 is 0 Å². The Morgan fingerprint density at radius 3 is 3.08 bits per heavy atom. The van der Waals surface area contributed by atoms with Crippen LogP contribution in [-0.4, -0.2) is 15.3 Å². The summed E-state index contributed by atoms with van der Waals surface area (Å²) in [6.07, 6.45) is 4.33. The van der Waals surface area contributed by atoms with Gasteiger partial charge in [-0.25, -0.2) is 0 Å². The summed E-state index contributed by atoms with van der Waals surface area (Å²) in [6, 6.07) is 0. The van der Waals surface area contributed by atoms with Gasteiger partial charge in [0.1, 0.15) is 0 Å². The van der Waals surface area contributed by atoms with Crippen molar-refractivity contribution in [3.05, 3.63) is 17.5 Å². The van der Waals surface area contributed by atoms with Crippen molar-refractivity contribution >= 4 is 0 Å². The molecule has 2 rings (SSSR count). The molecule has 0 bridgehead atoms. The number of nitrogens with one attached hydrogen (secondary N) is 1. The summed E-state index contributed by atoms with van der Waals surface area (Å²) in [7, 11) is 2.01. The Kier molecular flexibility index (Phi) is 1.91. The van der Waals surface area contributed by atoms with Gasteiger partial charge in [-0.1, -0.05) is 0 Å². The first-order valence-electron chi connectivity index (χ1n) is 4.83. The molecule has 0 saturated carbocycles. The molecule has 3 nitrogen and oxygen atoms in total. The molecular weight excluding hydrogens is 162 g/mol. The summed E-state index contributed by atoms with van der Waals surface area (Å²) in [6.45, 7) is 5.46. The summed E-state index contributed by atoms with van der Waals surface area (Å²) in [4.78, 5) is 0. The Bertz CT molecular complexity index is 312. The zero-order valence-corrected chi connectivity index (χ0v) is 8.59. The van der Waals surface area contributed by atoms with E-state index >= 15 is 0 Å². The lowest BCUT2D eigenvalue weighted by Crippen LogP contribution is -2.37. The summed E-state index contributed by atoms with van der Waals surface area (Å²) < 4.78 is 1.98. The highest BCUT2D eigenvalue weighted by Crippen LogP contribution is 2.21. The first-order chi connectivity index (χ1) is 6.08. The average molecular weight is 179 g/mol. The van der Waals surface area contributed by atoms with E-state index in [1.807, 2.05) is 17.9 Å². The number of rotatable bonds is 0. The molecule has 1 aromatic rings.